The third-order valence-electron chi connectivity index (χ3n) is 5.99. The van der Waals surface area contributed by atoms with Crippen LogP contribution in [0.5, 0.6) is 11.5 Å². The van der Waals surface area contributed by atoms with Gasteiger partial charge in [0.2, 0.25) is 5.82 Å². The monoisotopic (exact) mass is 472 g/mol. The van der Waals surface area contributed by atoms with Gasteiger partial charge in [-0.3, -0.25) is 4.90 Å². The van der Waals surface area contributed by atoms with Crippen molar-refractivity contribution in [3.63, 3.8) is 0 Å². The van der Waals surface area contributed by atoms with Crippen LogP contribution in [-0.4, -0.2) is 33.3 Å². The van der Waals surface area contributed by atoms with Gasteiger partial charge in [0.15, 0.2) is 11.5 Å². The Morgan fingerprint density at radius 1 is 1.14 bits per heavy atom. The molecule has 0 saturated carbocycles. The van der Waals surface area contributed by atoms with Crippen LogP contribution in [-0.2, 0) is 6.54 Å². The molecule has 35 heavy (non-hydrogen) atoms. The quantitative estimate of drug-likeness (QED) is 0.404. The number of allylic oxidation sites excluding steroid dienone is 1. The third kappa shape index (κ3) is 4.23. The Hall–Kier alpha value is -4.53. The van der Waals surface area contributed by atoms with Crippen LogP contribution < -0.4 is 10.1 Å². The molecule has 1 aliphatic rings. The van der Waals surface area contributed by atoms with Crippen molar-refractivity contribution in [2.45, 2.75) is 26.4 Å². The van der Waals surface area contributed by atoms with Gasteiger partial charge in [-0.25, -0.2) is 4.79 Å². The number of phenols is 1. The number of aromatic hydroxyl groups is 1. The summed E-state index contributed by atoms with van der Waals surface area (Å²) >= 11 is 0. The molecule has 3 heterocycles. The fourth-order valence-electron chi connectivity index (χ4n) is 4.10. The second kappa shape index (κ2) is 9.02. The van der Waals surface area contributed by atoms with Crippen LogP contribution in [0.15, 0.2) is 75.5 Å². The van der Waals surface area contributed by atoms with E-state index in [1.165, 1.54) is 7.11 Å². The molecule has 2 amide bonds. The van der Waals surface area contributed by atoms with E-state index in [2.05, 4.69) is 15.5 Å². The van der Waals surface area contributed by atoms with Crippen molar-refractivity contribution in [1.29, 1.82) is 0 Å². The van der Waals surface area contributed by atoms with Crippen LogP contribution in [0.1, 0.15) is 35.7 Å². The number of phenolic OH excluding ortho intramolecular Hbond substituents is 1. The second-order valence-corrected chi connectivity index (χ2v) is 8.27. The zero-order chi connectivity index (χ0) is 24.5. The molecule has 1 unspecified atom stereocenters. The molecule has 9 nitrogen and oxygen atoms in total. The maximum absolute atomic E-state index is 13.1. The zero-order valence-corrected chi connectivity index (χ0v) is 19.5. The Morgan fingerprint density at radius 2 is 1.94 bits per heavy atom. The number of amides is 2. The molecule has 2 N–H and O–H groups in total. The summed E-state index contributed by atoms with van der Waals surface area (Å²) in [6.07, 6.45) is 1.56. The number of hydrogen-bond donors (Lipinski definition) is 2. The minimum atomic E-state index is -0.640. The lowest BCUT2D eigenvalue weighted by atomic mass is 9.94. The number of nitrogens with zero attached hydrogens (tertiary/aromatic N) is 3. The van der Waals surface area contributed by atoms with Crippen molar-refractivity contribution in [3.05, 3.63) is 89.3 Å². The first-order valence-corrected chi connectivity index (χ1v) is 11.0. The van der Waals surface area contributed by atoms with Crippen LogP contribution in [0.25, 0.3) is 17.0 Å². The average molecular weight is 473 g/mol. The van der Waals surface area contributed by atoms with Crippen LogP contribution >= 0.6 is 0 Å². The Morgan fingerprint density at radius 3 is 2.63 bits per heavy atom. The Bertz CT molecular complexity index is 1390. The summed E-state index contributed by atoms with van der Waals surface area (Å²) in [6.45, 7) is 4.06. The lowest BCUT2D eigenvalue weighted by Crippen LogP contribution is -2.45. The summed E-state index contributed by atoms with van der Waals surface area (Å²) in [6, 6.07) is 15.4. The fourth-order valence-corrected chi connectivity index (χ4v) is 4.10. The van der Waals surface area contributed by atoms with Gasteiger partial charge < -0.3 is 24.1 Å². The summed E-state index contributed by atoms with van der Waals surface area (Å²) in [5.74, 6) is 1.62. The molecule has 5 rings (SSSR count). The van der Waals surface area contributed by atoms with Gasteiger partial charge >= 0.3 is 6.03 Å². The summed E-state index contributed by atoms with van der Waals surface area (Å²) in [5.41, 5.74) is 3.82. The van der Waals surface area contributed by atoms with Crippen molar-refractivity contribution < 1.29 is 23.6 Å². The molecule has 2 aromatic carbocycles. The molecule has 1 atom stereocenters. The van der Waals surface area contributed by atoms with Gasteiger partial charge in [-0.05, 0) is 43.7 Å². The SMILES string of the molecule is COc1ccc(C2NC(=O)N(Cc3ccco3)C(C)=C2c2nc(-c3ccc(C)cc3)no2)cc1O. The van der Waals surface area contributed by atoms with Crippen molar-refractivity contribution in [2.24, 2.45) is 0 Å². The number of benzene rings is 2. The lowest BCUT2D eigenvalue weighted by Gasteiger charge is -2.34. The number of urea groups is 1. The Balaban J connectivity index is 1.60. The van der Waals surface area contributed by atoms with Crippen molar-refractivity contribution >= 4 is 11.6 Å². The number of hydrogen-bond acceptors (Lipinski definition) is 7. The number of aromatic nitrogens is 2. The number of nitrogens with one attached hydrogen (secondary N) is 1. The first-order chi connectivity index (χ1) is 16.9. The third-order valence-corrected chi connectivity index (χ3v) is 5.99. The fraction of sp³-hybridized carbons (Fsp3) is 0.192. The zero-order valence-electron chi connectivity index (χ0n) is 19.5. The molecule has 2 aromatic heterocycles. The molecule has 0 aliphatic carbocycles. The van der Waals surface area contributed by atoms with Crippen molar-refractivity contribution in [1.82, 2.24) is 20.4 Å². The summed E-state index contributed by atoms with van der Waals surface area (Å²) in [5, 5.41) is 17.6. The van der Waals surface area contributed by atoms with E-state index in [9.17, 15) is 9.90 Å². The van der Waals surface area contributed by atoms with Crippen LogP contribution in [0, 0.1) is 6.92 Å². The standard InChI is InChI=1S/C26H24N4O5/c1-15-6-8-17(9-7-15)24-28-25(35-29-24)22-16(2)30(14-19-5-4-12-34-19)26(32)27-23(22)18-10-11-21(33-3)20(31)13-18/h4-13,23,31H,14H2,1-3H3,(H,27,32). The van der Waals surface area contributed by atoms with E-state index in [4.69, 9.17) is 13.7 Å². The molecule has 0 spiro atoms. The molecule has 9 heteroatoms. The van der Waals surface area contributed by atoms with E-state index < -0.39 is 6.04 Å². The number of carbonyl (C=O) groups excluding carboxylic acids is 1. The van der Waals surface area contributed by atoms with Gasteiger partial charge in [-0.1, -0.05) is 41.1 Å². The maximum atomic E-state index is 13.1. The van der Waals surface area contributed by atoms with Gasteiger partial charge in [0.25, 0.3) is 5.89 Å². The molecule has 178 valence electrons. The molecular formula is C26H24N4O5. The highest BCUT2D eigenvalue weighted by Crippen LogP contribution is 2.40. The largest absolute Gasteiger partial charge is 0.504 e. The topological polar surface area (TPSA) is 114 Å². The highest BCUT2D eigenvalue weighted by Gasteiger charge is 2.36. The van der Waals surface area contributed by atoms with Crippen molar-refractivity contribution in [3.8, 4) is 22.9 Å². The highest BCUT2D eigenvalue weighted by molar-refractivity contribution is 5.87. The number of furan rings is 1. The predicted molar refractivity (Wildman–Crippen MR) is 127 cm³/mol. The minimum absolute atomic E-state index is 0.0415. The van der Waals surface area contributed by atoms with E-state index >= 15 is 0 Å². The second-order valence-electron chi connectivity index (χ2n) is 8.27. The van der Waals surface area contributed by atoms with Gasteiger partial charge in [0.1, 0.15) is 5.76 Å². The van der Waals surface area contributed by atoms with E-state index in [1.54, 1.807) is 41.5 Å². The number of methoxy groups -OCH3 is 1. The van der Waals surface area contributed by atoms with Gasteiger partial charge in [0.05, 0.1) is 31.5 Å². The molecule has 0 radical (unpaired) electrons. The predicted octanol–water partition coefficient (Wildman–Crippen LogP) is 5.05. The molecule has 4 aromatic rings. The lowest BCUT2D eigenvalue weighted by molar-refractivity contribution is 0.199. The molecule has 0 fully saturated rings. The number of rotatable bonds is 6. The molecule has 1 aliphatic heterocycles. The molecule has 0 bridgehead atoms. The summed E-state index contributed by atoms with van der Waals surface area (Å²) < 4.78 is 16.3. The molecule has 0 saturated heterocycles. The molecular weight excluding hydrogens is 448 g/mol. The van der Waals surface area contributed by atoms with Crippen LogP contribution in [0.3, 0.4) is 0 Å². The first-order valence-electron chi connectivity index (χ1n) is 11.0. The van der Waals surface area contributed by atoms with Gasteiger partial charge in [-0.2, -0.15) is 4.98 Å². The van der Waals surface area contributed by atoms with Crippen LogP contribution in [0.4, 0.5) is 4.79 Å². The minimum Gasteiger partial charge on any atom is -0.504 e. The van der Waals surface area contributed by atoms with E-state index in [0.717, 1.165) is 11.1 Å². The van der Waals surface area contributed by atoms with Crippen LogP contribution in [0.2, 0.25) is 0 Å². The van der Waals surface area contributed by atoms with E-state index in [1.807, 2.05) is 38.1 Å². The Kier molecular flexibility index (Phi) is 5.74. The van der Waals surface area contributed by atoms with Crippen molar-refractivity contribution in [2.75, 3.05) is 7.11 Å². The van der Waals surface area contributed by atoms with E-state index in [-0.39, 0.29) is 24.2 Å². The average Bonchev–Trinajstić information content (AvgIpc) is 3.54. The Labute approximate surface area is 201 Å². The smallest absolute Gasteiger partial charge is 0.322 e. The van der Waals surface area contributed by atoms with E-state index in [0.29, 0.717) is 34.2 Å². The number of aryl methyl sites for hydroxylation is 1. The van der Waals surface area contributed by atoms with Gasteiger partial charge in [0, 0.05) is 11.3 Å². The maximum Gasteiger partial charge on any atom is 0.322 e. The number of carbonyl (C=O) groups is 1. The normalized spacial score (nSPS) is 15.9. The highest BCUT2D eigenvalue weighted by atomic mass is 16.5. The number of ether oxygens (including phenoxy) is 1. The summed E-state index contributed by atoms with van der Waals surface area (Å²) in [4.78, 5) is 19.4. The van der Waals surface area contributed by atoms with Gasteiger partial charge in [-0.15, -0.1) is 0 Å². The first kappa shape index (κ1) is 22.3. The summed E-state index contributed by atoms with van der Waals surface area (Å²) in [7, 11) is 1.48.